The normalized spacial score (nSPS) is 10.6. The molecular weight excluding hydrogens is 396 g/mol. The molecule has 0 N–H and O–H groups in total. The second kappa shape index (κ2) is 8.66. The lowest BCUT2D eigenvalue weighted by molar-refractivity contribution is 0.0549. The molecule has 8 nitrogen and oxygen atoms in total. The molecule has 0 fully saturated rings. The van der Waals surface area contributed by atoms with Crippen molar-refractivity contribution < 1.29 is 19.1 Å². The van der Waals surface area contributed by atoms with E-state index < -0.39 is 11.9 Å². The molecule has 4 aromatic rings. The molecule has 0 aliphatic carbocycles. The van der Waals surface area contributed by atoms with Crippen LogP contribution in [0.3, 0.4) is 0 Å². The number of para-hydroxylation sites is 1. The van der Waals surface area contributed by atoms with Crippen LogP contribution in [0, 0.1) is 0 Å². The van der Waals surface area contributed by atoms with Gasteiger partial charge in [-0.1, -0.05) is 42.5 Å². The van der Waals surface area contributed by atoms with E-state index in [0.717, 1.165) is 5.56 Å². The van der Waals surface area contributed by atoms with Crippen LogP contribution in [-0.2, 0) is 16.0 Å². The van der Waals surface area contributed by atoms with E-state index in [0.29, 0.717) is 23.5 Å². The second-order valence-corrected chi connectivity index (χ2v) is 6.70. The van der Waals surface area contributed by atoms with Gasteiger partial charge in [-0.3, -0.25) is 4.68 Å². The lowest BCUT2D eigenvalue weighted by Crippen LogP contribution is -2.15. The standard InChI is InChI=1S/C23H20N4O4/c1-30-22(28)19-20(17-11-9-16(10-12-17)15-26-14-6-13-24-26)25-27(21(19)23(29)31-2)18-7-4-3-5-8-18/h3-14H,15H2,1-2H3. The van der Waals surface area contributed by atoms with Crippen molar-refractivity contribution in [2.75, 3.05) is 14.2 Å². The minimum absolute atomic E-state index is 0.0103. The van der Waals surface area contributed by atoms with Gasteiger partial charge in [0.15, 0.2) is 5.69 Å². The van der Waals surface area contributed by atoms with Crippen LogP contribution in [0.2, 0.25) is 0 Å². The van der Waals surface area contributed by atoms with Gasteiger partial charge in [-0.15, -0.1) is 0 Å². The van der Waals surface area contributed by atoms with Crippen molar-refractivity contribution in [2.45, 2.75) is 6.54 Å². The van der Waals surface area contributed by atoms with Crippen LogP contribution < -0.4 is 0 Å². The van der Waals surface area contributed by atoms with Crippen LogP contribution in [-0.4, -0.2) is 45.7 Å². The summed E-state index contributed by atoms with van der Waals surface area (Å²) in [5.74, 6) is -1.35. The Labute approximate surface area is 178 Å². The summed E-state index contributed by atoms with van der Waals surface area (Å²) in [5.41, 5.74) is 2.72. The topological polar surface area (TPSA) is 88.2 Å². The van der Waals surface area contributed by atoms with Gasteiger partial charge in [-0.05, 0) is 23.8 Å². The fourth-order valence-electron chi connectivity index (χ4n) is 3.31. The number of esters is 2. The van der Waals surface area contributed by atoms with E-state index in [1.165, 1.54) is 18.9 Å². The molecule has 0 spiro atoms. The maximum Gasteiger partial charge on any atom is 0.357 e. The fourth-order valence-corrected chi connectivity index (χ4v) is 3.31. The quantitative estimate of drug-likeness (QED) is 0.448. The number of aromatic nitrogens is 4. The highest BCUT2D eigenvalue weighted by atomic mass is 16.5. The third kappa shape index (κ3) is 3.95. The first-order valence-corrected chi connectivity index (χ1v) is 9.54. The molecule has 2 aromatic carbocycles. The van der Waals surface area contributed by atoms with E-state index in [1.807, 2.05) is 59.4 Å². The predicted octanol–water partition coefficient (Wildman–Crippen LogP) is 3.36. The number of rotatable bonds is 6. The molecule has 0 unspecified atom stereocenters. The van der Waals surface area contributed by atoms with E-state index in [4.69, 9.17) is 9.47 Å². The van der Waals surface area contributed by atoms with Crippen LogP contribution in [0.15, 0.2) is 73.1 Å². The molecule has 4 rings (SSSR count). The number of carbonyl (C=O) groups excluding carboxylic acids is 2. The predicted molar refractivity (Wildman–Crippen MR) is 113 cm³/mol. The summed E-state index contributed by atoms with van der Waals surface area (Å²) in [5, 5.41) is 8.80. The lowest BCUT2D eigenvalue weighted by Gasteiger charge is -2.07. The van der Waals surface area contributed by atoms with Crippen molar-refractivity contribution >= 4 is 11.9 Å². The smallest absolute Gasteiger partial charge is 0.357 e. The average molecular weight is 416 g/mol. The highest BCUT2D eigenvalue weighted by Gasteiger charge is 2.31. The summed E-state index contributed by atoms with van der Waals surface area (Å²) in [6.45, 7) is 0.614. The molecule has 156 valence electrons. The molecule has 0 saturated heterocycles. The van der Waals surface area contributed by atoms with Crippen LogP contribution in [0.25, 0.3) is 16.9 Å². The molecule has 0 amide bonds. The first-order valence-electron chi connectivity index (χ1n) is 9.54. The summed E-state index contributed by atoms with van der Waals surface area (Å²) in [6.07, 6.45) is 3.61. The van der Waals surface area contributed by atoms with E-state index in [2.05, 4.69) is 10.2 Å². The van der Waals surface area contributed by atoms with E-state index >= 15 is 0 Å². The summed E-state index contributed by atoms with van der Waals surface area (Å²) in [7, 11) is 2.52. The van der Waals surface area contributed by atoms with Crippen molar-refractivity contribution in [2.24, 2.45) is 0 Å². The Kier molecular flexibility index (Phi) is 5.61. The zero-order chi connectivity index (χ0) is 21.8. The number of carbonyl (C=O) groups is 2. The van der Waals surface area contributed by atoms with Crippen LogP contribution in [0.5, 0.6) is 0 Å². The number of methoxy groups -OCH3 is 2. The summed E-state index contributed by atoms with van der Waals surface area (Å²) in [4.78, 5) is 25.3. The van der Waals surface area contributed by atoms with Crippen molar-refractivity contribution in [3.8, 4) is 16.9 Å². The third-order valence-electron chi connectivity index (χ3n) is 4.79. The maximum atomic E-state index is 12.7. The van der Waals surface area contributed by atoms with Crippen molar-refractivity contribution in [3.05, 3.63) is 89.9 Å². The molecule has 0 atom stereocenters. The summed E-state index contributed by atoms with van der Waals surface area (Å²) in [6, 6.07) is 18.5. The van der Waals surface area contributed by atoms with Gasteiger partial charge in [-0.2, -0.15) is 10.2 Å². The first-order chi connectivity index (χ1) is 15.1. The van der Waals surface area contributed by atoms with Gasteiger partial charge in [0.05, 0.1) is 26.5 Å². The Bertz CT molecular complexity index is 1200. The van der Waals surface area contributed by atoms with Gasteiger partial charge in [0.1, 0.15) is 11.3 Å². The summed E-state index contributed by atoms with van der Waals surface area (Å²) < 4.78 is 13.1. The van der Waals surface area contributed by atoms with Crippen LogP contribution in [0.4, 0.5) is 0 Å². The fraction of sp³-hybridized carbons (Fsp3) is 0.130. The Morgan fingerprint density at radius 3 is 2.23 bits per heavy atom. The minimum atomic E-state index is -0.682. The van der Waals surface area contributed by atoms with E-state index in [-0.39, 0.29) is 11.3 Å². The second-order valence-electron chi connectivity index (χ2n) is 6.70. The zero-order valence-corrected chi connectivity index (χ0v) is 17.1. The van der Waals surface area contributed by atoms with E-state index in [1.54, 1.807) is 18.3 Å². The Hall–Kier alpha value is -4.20. The van der Waals surface area contributed by atoms with Crippen molar-refractivity contribution in [1.29, 1.82) is 0 Å². The Balaban J connectivity index is 1.84. The number of ether oxygens (including phenoxy) is 2. The van der Waals surface area contributed by atoms with Gasteiger partial charge >= 0.3 is 11.9 Å². The molecule has 0 aliphatic rings. The molecular formula is C23H20N4O4. The number of benzene rings is 2. The lowest BCUT2D eigenvalue weighted by atomic mass is 10.0. The van der Waals surface area contributed by atoms with Crippen LogP contribution >= 0.6 is 0 Å². The van der Waals surface area contributed by atoms with Gasteiger partial charge < -0.3 is 9.47 Å². The monoisotopic (exact) mass is 416 g/mol. The van der Waals surface area contributed by atoms with E-state index in [9.17, 15) is 9.59 Å². The van der Waals surface area contributed by atoms with Crippen LogP contribution in [0.1, 0.15) is 26.4 Å². The first kappa shape index (κ1) is 20.1. The van der Waals surface area contributed by atoms with Crippen molar-refractivity contribution in [3.63, 3.8) is 0 Å². The van der Waals surface area contributed by atoms with Crippen molar-refractivity contribution in [1.82, 2.24) is 19.6 Å². The highest BCUT2D eigenvalue weighted by molar-refractivity contribution is 6.06. The Morgan fingerprint density at radius 2 is 1.61 bits per heavy atom. The molecule has 31 heavy (non-hydrogen) atoms. The van der Waals surface area contributed by atoms with Gasteiger partial charge in [0.25, 0.3) is 0 Å². The molecule has 0 saturated carbocycles. The molecule has 8 heteroatoms. The van der Waals surface area contributed by atoms with Gasteiger partial charge in [-0.25, -0.2) is 14.3 Å². The molecule has 0 aliphatic heterocycles. The highest BCUT2D eigenvalue weighted by Crippen LogP contribution is 2.29. The molecule has 0 radical (unpaired) electrons. The third-order valence-corrected chi connectivity index (χ3v) is 4.79. The SMILES string of the molecule is COC(=O)c1c(-c2ccc(Cn3cccn3)cc2)nn(-c2ccccc2)c1C(=O)OC. The average Bonchev–Trinajstić information content (AvgIpc) is 3.47. The maximum absolute atomic E-state index is 12.7. The molecule has 2 aromatic heterocycles. The molecule has 0 bridgehead atoms. The minimum Gasteiger partial charge on any atom is -0.465 e. The van der Waals surface area contributed by atoms with Gasteiger partial charge in [0, 0.05) is 18.0 Å². The van der Waals surface area contributed by atoms with Gasteiger partial charge in [0.2, 0.25) is 0 Å². The number of nitrogens with zero attached hydrogens (tertiary/aromatic N) is 4. The Morgan fingerprint density at radius 1 is 0.903 bits per heavy atom. The largest absolute Gasteiger partial charge is 0.465 e. The number of hydrogen-bond acceptors (Lipinski definition) is 6. The molecule has 2 heterocycles. The zero-order valence-electron chi connectivity index (χ0n) is 17.1. The summed E-state index contributed by atoms with van der Waals surface area (Å²) >= 11 is 0. The number of hydrogen-bond donors (Lipinski definition) is 0.